The summed E-state index contributed by atoms with van der Waals surface area (Å²) in [4.78, 5) is 38.0. The lowest BCUT2D eigenvalue weighted by atomic mass is 10.0. The van der Waals surface area contributed by atoms with Crippen molar-refractivity contribution in [3.05, 3.63) is 60.8 Å². The van der Waals surface area contributed by atoms with Crippen molar-refractivity contribution in [2.24, 2.45) is 0 Å². The zero-order valence-corrected chi connectivity index (χ0v) is 41.6. The highest BCUT2D eigenvalue weighted by molar-refractivity contribution is 5.71. The monoisotopic (exact) mass is 881 g/mol. The summed E-state index contributed by atoms with van der Waals surface area (Å²) in [6, 6.07) is 0. The summed E-state index contributed by atoms with van der Waals surface area (Å²) < 4.78 is 16.8. The molecule has 0 bridgehead atoms. The molecule has 0 fully saturated rings. The van der Waals surface area contributed by atoms with E-state index < -0.39 is 6.10 Å². The molecule has 0 aromatic carbocycles. The molecule has 0 amide bonds. The van der Waals surface area contributed by atoms with Crippen molar-refractivity contribution in [1.29, 1.82) is 0 Å². The Morgan fingerprint density at radius 2 is 0.619 bits per heavy atom. The lowest BCUT2D eigenvalue weighted by Gasteiger charge is -2.18. The van der Waals surface area contributed by atoms with Gasteiger partial charge in [0, 0.05) is 19.3 Å². The molecule has 0 heterocycles. The van der Waals surface area contributed by atoms with Gasteiger partial charge in [0.1, 0.15) is 13.2 Å². The molecule has 0 aromatic rings. The Labute approximate surface area is 390 Å². The fourth-order valence-corrected chi connectivity index (χ4v) is 7.65. The molecule has 0 aliphatic rings. The average molecular weight is 881 g/mol. The fraction of sp³-hybridized carbons (Fsp3) is 0.772. The van der Waals surface area contributed by atoms with E-state index in [-0.39, 0.29) is 37.5 Å². The van der Waals surface area contributed by atoms with Crippen LogP contribution in [0.15, 0.2) is 60.8 Å². The standard InChI is InChI=1S/C57H100O6/c1-4-7-10-13-16-19-22-25-27-28-29-30-33-35-38-41-44-47-50-56(59)62-53-54(52-61-55(58)49-46-43-40-37-34-31-24-21-18-15-12-9-6-3)63-57(60)51-48-45-42-39-36-32-26-23-20-17-14-11-8-5-2/h9,12,15,18,21,24,31,34,37,40,54H,4-8,10-11,13-14,16-17,19-20,22-23,25-30,32-33,35-36,38-39,41-53H2,1-3H3/b12-9-,18-15-,24-21-,34-31-,40-37-. The first-order valence-electron chi connectivity index (χ1n) is 26.9. The van der Waals surface area contributed by atoms with Gasteiger partial charge in [-0.15, -0.1) is 0 Å². The van der Waals surface area contributed by atoms with Gasteiger partial charge in [-0.05, 0) is 32.1 Å². The van der Waals surface area contributed by atoms with Crippen LogP contribution in [0.4, 0.5) is 0 Å². The highest BCUT2D eigenvalue weighted by Crippen LogP contribution is 2.16. The predicted octanol–water partition coefficient (Wildman–Crippen LogP) is 17.6. The summed E-state index contributed by atoms with van der Waals surface area (Å²) in [6.07, 6.45) is 63.6. The van der Waals surface area contributed by atoms with Gasteiger partial charge in [-0.3, -0.25) is 14.4 Å². The van der Waals surface area contributed by atoms with Crippen LogP contribution in [0, 0.1) is 0 Å². The Balaban J connectivity index is 4.40. The van der Waals surface area contributed by atoms with Gasteiger partial charge < -0.3 is 14.2 Å². The summed E-state index contributed by atoms with van der Waals surface area (Å²) >= 11 is 0. The van der Waals surface area contributed by atoms with E-state index in [1.165, 1.54) is 167 Å². The van der Waals surface area contributed by atoms with E-state index in [9.17, 15) is 14.4 Å². The molecule has 364 valence electrons. The zero-order chi connectivity index (χ0) is 45.8. The minimum Gasteiger partial charge on any atom is -0.462 e. The van der Waals surface area contributed by atoms with Gasteiger partial charge in [-0.25, -0.2) is 0 Å². The van der Waals surface area contributed by atoms with E-state index in [0.717, 1.165) is 51.4 Å². The number of unbranched alkanes of at least 4 members (excludes halogenated alkanes) is 31. The fourth-order valence-electron chi connectivity index (χ4n) is 7.65. The Hall–Kier alpha value is -2.89. The third kappa shape index (κ3) is 50.0. The van der Waals surface area contributed by atoms with Crippen LogP contribution in [-0.2, 0) is 28.6 Å². The van der Waals surface area contributed by atoms with E-state index >= 15 is 0 Å². The van der Waals surface area contributed by atoms with Gasteiger partial charge in [-0.2, -0.15) is 0 Å². The van der Waals surface area contributed by atoms with Crippen LogP contribution in [-0.4, -0.2) is 37.2 Å². The molecule has 0 aromatic heterocycles. The summed E-state index contributed by atoms with van der Waals surface area (Å²) in [7, 11) is 0. The van der Waals surface area contributed by atoms with E-state index in [2.05, 4.69) is 26.8 Å². The maximum atomic E-state index is 12.8. The first kappa shape index (κ1) is 60.1. The van der Waals surface area contributed by atoms with Crippen molar-refractivity contribution in [3.8, 4) is 0 Å². The van der Waals surface area contributed by atoms with Crippen molar-refractivity contribution >= 4 is 17.9 Å². The van der Waals surface area contributed by atoms with Crippen LogP contribution in [0.2, 0.25) is 0 Å². The first-order chi connectivity index (χ1) is 31.0. The summed E-state index contributed by atoms with van der Waals surface area (Å²) in [5, 5.41) is 0. The van der Waals surface area contributed by atoms with Crippen molar-refractivity contribution in [3.63, 3.8) is 0 Å². The molecule has 6 heteroatoms. The molecule has 63 heavy (non-hydrogen) atoms. The molecule has 0 spiro atoms. The molecule has 1 atom stereocenters. The molecule has 0 radical (unpaired) electrons. The van der Waals surface area contributed by atoms with Crippen LogP contribution in [0.1, 0.15) is 265 Å². The molecule has 0 rings (SSSR count). The number of ether oxygens (including phenoxy) is 3. The largest absolute Gasteiger partial charge is 0.462 e. The van der Waals surface area contributed by atoms with Gasteiger partial charge >= 0.3 is 17.9 Å². The van der Waals surface area contributed by atoms with Crippen molar-refractivity contribution in [1.82, 2.24) is 0 Å². The second-order valence-electron chi connectivity index (χ2n) is 17.9. The Morgan fingerprint density at radius 3 is 0.968 bits per heavy atom. The molecular formula is C57H100O6. The molecule has 0 N–H and O–H groups in total. The summed E-state index contributed by atoms with van der Waals surface area (Å²) in [5.74, 6) is -0.960. The molecular weight excluding hydrogens is 781 g/mol. The highest BCUT2D eigenvalue weighted by Gasteiger charge is 2.19. The number of carbonyl (C=O) groups is 3. The quantitative estimate of drug-likeness (QED) is 0.0262. The molecule has 0 saturated heterocycles. The van der Waals surface area contributed by atoms with Gasteiger partial charge in [-0.1, -0.05) is 274 Å². The SMILES string of the molecule is CC\C=C/C=C\C=C/C=C\C=C/CCCC(=O)OCC(COC(=O)CCCCCCCCCCCCCCCCCCCC)OC(=O)CCCCCCCCCCCCCCCC. The maximum Gasteiger partial charge on any atom is 0.306 e. The second-order valence-corrected chi connectivity index (χ2v) is 17.9. The average Bonchev–Trinajstić information content (AvgIpc) is 3.28. The number of hydrogen-bond donors (Lipinski definition) is 0. The lowest BCUT2D eigenvalue weighted by molar-refractivity contribution is -0.167. The van der Waals surface area contributed by atoms with E-state index in [4.69, 9.17) is 14.2 Å². The predicted molar refractivity (Wildman–Crippen MR) is 270 cm³/mol. The highest BCUT2D eigenvalue weighted by atomic mass is 16.6. The Morgan fingerprint density at radius 1 is 0.333 bits per heavy atom. The minimum atomic E-state index is -0.798. The molecule has 0 saturated carbocycles. The van der Waals surface area contributed by atoms with Crippen molar-refractivity contribution in [2.45, 2.75) is 271 Å². The summed E-state index contributed by atoms with van der Waals surface area (Å²) in [6.45, 7) is 6.46. The first-order valence-corrected chi connectivity index (χ1v) is 26.9. The van der Waals surface area contributed by atoms with Gasteiger partial charge in [0.25, 0.3) is 0 Å². The van der Waals surface area contributed by atoms with Crippen molar-refractivity contribution in [2.75, 3.05) is 13.2 Å². The van der Waals surface area contributed by atoms with E-state index in [1.54, 1.807) is 0 Å². The molecule has 1 unspecified atom stereocenters. The topological polar surface area (TPSA) is 78.9 Å². The molecule has 0 aliphatic heterocycles. The van der Waals surface area contributed by atoms with Crippen molar-refractivity contribution < 1.29 is 28.6 Å². The normalized spacial score (nSPS) is 12.5. The van der Waals surface area contributed by atoms with Crippen LogP contribution >= 0.6 is 0 Å². The maximum absolute atomic E-state index is 12.8. The minimum absolute atomic E-state index is 0.0929. The van der Waals surface area contributed by atoms with Crippen LogP contribution in [0.5, 0.6) is 0 Å². The number of carbonyl (C=O) groups excluding carboxylic acids is 3. The third-order valence-corrected chi connectivity index (χ3v) is 11.7. The molecule has 0 aliphatic carbocycles. The van der Waals surface area contributed by atoms with E-state index in [0.29, 0.717) is 19.3 Å². The Bertz CT molecular complexity index is 1150. The van der Waals surface area contributed by atoms with Gasteiger partial charge in [0.15, 0.2) is 6.10 Å². The number of rotatable bonds is 48. The number of hydrogen-bond acceptors (Lipinski definition) is 6. The second kappa shape index (κ2) is 51.7. The zero-order valence-electron chi connectivity index (χ0n) is 41.6. The number of esters is 3. The van der Waals surface area contributed by atoms with Gasteiger partial charge in [0.2, 0.25) is 0 Å². The van der Waals surface area contributed by atoms with Crippen LogP contribution in [0.25, 0.3) is 0 Å². The smallest absolute Gasteiger partial charge is 0.306 e. The number of allylic oxidation sites excluding steroid dienone is 10. The van der Waals surface area contributed by atoms with Gasteiger partial charge in [0.05, 0.1) is 0 Å². The lowest BCUT2D eigenvalue weighted by Crippen LogP contribution is -2.30. The van der Waals surface area contributed by atoms with Crippen LogP contribution in [0.3, 0.4) is 0 Å². The molecule has 6 nitrogen and oxygen atoms in total. The van der Waals surface area contributed by atoms with E-state index in [1.807, 2.05) is 54.7 Å². The Kier molecular flexibility index (Phi) is 49.4. The third-order valence-electron chi connectivity index (χ3n) is 11.7. The van der Waals surface area contributed by atoms with Crippen LogP contribution < -0.4 is 0 Å². The summed E-state index contributed by atoms with van der Waals surface area (Å²) in [5.41, 5.74) is 0.